The van der Waals surface area contributed by atoms with Crippen LogP contribution in [0.3, 0.4) is 0 Å². The number of nitrogens with one attached hydrogen (secondary N) is 2. The zero-order valence-corrected chi connectivity index (χ0v) is 9.73. The molecule has 2 aromatic rings. The van der Waals surface area contributed by atoms with E-state index in [4.69, 9.17) is 11.6 Å². The molecule has 4 heteroatoms. The minimum Gasteiger partial charge on any atom is -0.369 e. The molecule has 0 fully saturated rings. The summed E-state index contributed by atoms with van der Waals surface area (Å²) in [7, 11) is 0. The van der Waals surface area contributed by atoms with Gasteiger partial charge < -0.3 is 5.32 Å². The Morgan fingerprint density at radius 2 is 2.38 bits per heavy atom. The molecule has 1 heterocycles. The minimum absolute atomic E-state index is 0.793. The molecule has 0 aliphatic heterocycles. The van der Waals surface area contributed by atoms with Crippen molar-refractivity contribution in [2.45, 2.75) is 13.3 Å². The molecule has 1 aliphatic rings. The molecule has 3 nitrogen and oxygen atoms in total. The van der Waals surface area contributed by atoms with Crippen molar-refractivity contribution in [1.82, 2.24) is 10.2 Å². The molecule has 0 amide bonds. The molecule has 1 aliphatic carbocycles. The number of hydrogen-bond acceptors (Lipinski definition) is 2. The molecular formula is C12H12ClN3. The monoisotopic (exact) mass is 233 g/mol. The Morgan fingerprint density at radius 3 is 3.19 bits per heavy atom. The molecule has 82 valence electrons. The molecule has 0 saturated heterocycles. The Balaban J connectivity index is 2.10. The molecule has 1 aromatic carbocycles. The van der Waals surface area contributed by atoms with Crippen LogP contribution in [0.15, 0.2) is 18.2 Å². The zero-order valence-electron chi connectivity index (χ0n) is 8.97. The van der Waals surface area contributed by atoms with Gasteiger partial charge in [0, 0.05) is 29.1 Å². The number of benzene rings is 1. The van der Waals surface area contributed by atoms with Gasteiger partial charge >= 0.3 is 0 Å². The first-order valence-electron chi connectivity index (χ1n) is 5.39. The fourth-order valence-electron chi connectivity index (χ4n) is 2.22. The van der Waals surface area contributed by atoms with Gasteiger partial charge in [0.15, 0.2) is 5.82 Å². The van der Waals surface area contributed by atoms with Gasteiger partial charge in [-0.25, -0.2) is 0 Å². The van der Waals surface area contributed by atoms with Crippen LogP contribution in [-0.2, 0) is 6.42 Å². The van der Waals surface area contributed by atoms with Gasteiger partial charge in [-0.05, 0) is 24.6 Å². The second-order valence-corrected chi connectivity index (χ2v) is 4.37. The van der Waals surface area contributed by atoms with E-state index in [0.29, 0.717) is 0 Å². The van der Waals surface area contributed by atoms with Crippen LogP contribution in [0, 0.1) is 0 Å². The first kappa shape index (κ1) is 9.73. The van der Waals surface area contributed by atoms with Crippen LogP contribution in [0.4, 0.5) is 5.82 Å². The van der Waals surface area contributed by atoms with Crippen LogP contribution in [-0.4, -0.2) is 16.7 Å². The van der Waals surface area contributed by atoms with E-state index >= 15 is 0 Å². The summed E-state index contributed by atoms with van der Waals surface area (Å²) in [6.07, 6.45) is 0.907. The standard InChI is InChI=1S/C12H12ClN3/c1-2-14-12-10-6-7-5-8(13)3-4-9(7)11(10)15-16-12/h3-5H,2,6H2,1H3,(H2,14,15,16). The molecule has 2 N–H and O–H groups in total. The summed E-state index contributed by atoms with van der Waals surface area (Å²) in [6.45, 7) is 2.95. The van der Waals surface area contributed by atoms with Crippen LogP contribution in [0.5, 0.6) is 0 Å². The van der Waals surface area contributed by atoms with Gasteiger partial charge in [0.25, 0.3) is 0 Å². The number of fused-ring (bicyclic) bond motifs is 3. The molecule has 0 spiro atoms. The highest BCUT2D eigenvalue weighted by molar-refractivity contribution is 6.30. The molecule has 0 radical (unpaired) electrons. The van der Waals surface area contributed by atoms with Gasteiger partial charge in [0.05, 0.1) is 5.69 Å². The number of anilines is 1. The molecular weight excluding hydrogens is 222 g/mol. The topological polar surface area (TPSA) is 40.7 Å². The lowest BCUT2D eigenvalue weighted by Crippen LogP contribution is -1.99. The quantitative estimate of drug-likeness (QED) is 0.714. The van der Waals surface area contributed by atoms with Gasteiger partial charge in [0.2, 0.25) is 0 Å². The summed E-state index contributed by atoms with van der Waals surface area (Å²) >= 11 is 5.99. The number of aromatic amines is 1. The lowest BCUT2D eigenvalue weighted by atomic mass is 10.1. The van der Waals surface area contributed by atoms with Crippen molar-refractivity contribution in [3.8, 4) is 11.3 Å². The van der Waals surface area contributed by atoms with Crippen molar-refractivity contribution in [2.75, 3.05) is 11.9 Å². The Hall–Kier alpha value is -1.48. The molecule has 0 saturated carbocycles. The maximum Gasteiger partial charge on any atom is 0.151 e. The highest BCUT2D eigenvalue weighted by atomic mass is 35.5. The lowest BCUT2D eigenvalue weighted by molar-refractivity contribution is 1.06. The predicted molar refractivity (Wildman–Crippen MR) is 66.0 cm³/mol. The first-order chi connectivity index (χ1) is 7.79. The number of aromatic nitrogens is 2. The van der Waals surface area contributed by atoms with Crippen LogP contribution in [0.25, 0.3) is 11.3 Å². The van der Waals surface area contributed by atoms with Crippen LogP contribution < -0.4 is 5.32 Å². The third-order valence-electron chi connectivity index (χ3n) is 2.92. The molecule has 0 unspecified atom stereocenters. The summed E-state index contributed by atoms with van der Waals surface area (Å²) in [6, 6.07) is 6.00. The maximum atomic E-state index is 5.99. The van der Waals surface area contributed by atoms with Gasteiger partial charge in [0.1, 0.15) is 0 Å². The minimum atomic E-state index is 0.793. The average Bonchev–Trinajstić information content (AvgIpc) is 2.78. The maximum absolute atomic E-state index is 5.99. The van der Waals surface area contributed by atoms with Crippen LogP contribution in [0.2, 0.25) is 5.02 Å². The summed E-state index contributed by atoms with van der Waals surface area (Å²) < 4.78 is 0. The van der Waals surface area contributed by atoms with Crippen molar-refractivity contribution < 1.29 is 0 Å². The highest BCUT2D eigenvalue weighted by Crippen LogP contribution is 2.39. The number of nitrogens with zero attached hydrogens (tertiary/aromatic N) is 1. The van der Waals surface area contributed by atoms with Gasteiger partial charge in [-0.3, -0.25) is 5.10 Å². The Bertz CT molecular complexity index is 545. The van der Waals surface area contributed by atoms with Crippen LogP contribution in [0.1, 0.15) is 18.1 Å². The van der Waals surface area contributed by atoms with E-state index in [1.807, 2.05) is 12.1 Å². The summed E-state index contributed by atoms with van der Waals surface area (Å²) in [5.74, 6) is 0.963. The van der Waals surface area contributed by atoms with E-state index in [1.165, 1.54) is 16.7 Å². The van der Waals surface area contributed by atoms with E-state index in [-0.39, 0.29) is 0 Å². The highest BCUT2D eigenvalue weighted by Gasteiger charge is 2.24. The number of halogens is 1. The van der Waals surface area contributed by atoms with E-state index in [9.17, 15) is 0 Å². The summed E-state index contributed by atoms with van der Waals surface area (Å²) in [5, 5.41) is 11.4. The van der Waals surface area contributed by atoms with Crippen molar-refractivity contribution in [3.63, 3.8) is 0 Å². The lowest BCUT2D eigenvalue weighted by Gasteiger charge is -2.00. The number of rotatable bonds is 2. The third kappa shape index (κ3) is 1.32. The molecule has 3 rings (SSSR count). The van der Waals surface area contributed by atoms with E-state index in [1.54, 1.807) is 0 Å². The third-order valence-corrected chi connectivity index (χ3v) is 3.15. The largest absolute Gasteiger partial charge is 0.369 e. The molecule has 16 heavy (non-hydrogen) atoms. The fourth-order valence-corrected chi connectivity index (χ4v) is 2.41. The molecule has 0 bridgehead atoms. The molecule has 1 aromatic heterocycles. The zero-order chi connectivity index (χ0) is 11.1. The first-order valence-corrected chi connectivity index (χ1v) is 5.77. The second-order valence-electron chi connectivity index (χ2n) is 3.93. The van der Waals surface area contributed by atoms with E-state index in [2.05, 4.69) is 28.5 Å². The van der Waals surface area contributed by atoms with Crippen LogP contribution >= 0.6 is 11.6 Å². The number of hydrogen-bond donors (Lipinski definition) is 2. The van der Waals surface area contributed by atoms with Crippen molar-refractivity contribution in [1.29, 1.82) is 0 Å². The number of H-pyrrole nitrogens is 1. The SMILES string of the molecule is CCNc1n[nH]c2c1Cc1cc(Cl)ccc1-2. The molecule has 0 atom stereocenters. The summed E-state index contributed by atoms with van der Waals surface area (Å²) in [5.41, 5.74) is 4.87. The Kier molecular flexibility index (Phi) is 2.14. The van der Waals surface area contributed by atoms with E-state index in [0.717, 1.165) is 29.5 Å². The van der Waals surface area contributed by atoms with Gasteiger partial charge in [-0.2, -0.15) is 5.10 Å². The summed E-state index contributed by atoms with van der Waals surface area (Å²) in [4.78, 5) is 0. The van der Waals surface area contributed by atoms with Gasteiger partial charge in [-0.1, -0.05) is 17.7 Å². The average molecular weight is 234 g/mol. The second kappa shape index (κ2) is 3.52. The smallest absolute Gasteiger partial charge is 0.151 e. The van der Waals surface area contributed by atoms with Crippen molar-refractivity contribution in [3.05, 3.63) is 34.3 Å². The predicted octanol–water partition coefficient (Wildman–Crippen LogP) is 3.07. The van der Waals surface area contributed by atoms with Crippen molar-refractivity contribution >= 4 is 17.4 Å². The Labute approximate surface area is 98.8 Å². The van der Waals surface area contributed by atoms with E-state index < -0.39 is 0 Å². The van der Waals surface area contributed by atoms with Crippen molar-refractivity contribution in [2.24, 2.45) is 0 Å². The van der Waals surface area contributed by atoms with Gasteiger partial charge in [-0.15, -0.1) is 0 Å². The normalized spacial score (nSPS) is 12.4. The fraction of sp³-hybridized carbons (Fsp3) is 0.250. The Morgan fingerprint density at radius 1 is 1.50 bits per heavy atom.